The Labute approximate surface area is 121 Å². The van der Waals surface area contributed by atoms with Crippen LogP contribution in [0.5, 0.6) is 0 Å². The van der Waals surface area contributed by atoms with Crippen molar-refractivity contribution in [2.75, 3.05) is 0 Å². The molecule has 0 aliphatic rings. The summed E-state index contributed by atoms with van der Waals surface area (Å²) in [6, 6.07) is 0. The summed E-state index contributed by atoms with van der Waals surface area (Å²) < 4.78 is 3.51. The van der Waals surface area contributed by atoms with Gasteiger partial charge >= 0.3 is 123 Å². The van der Waals surface area contributed by atoms with Crippen molar-refractivity contribution in [1.82, 2.24) is 0 Å². The number of hydrogen-bond acceptors (Lipinski definition) is 0. The molecule has 0 amide bonds. The van der Waals surface area contributed by atoms with Crippen LogP contribution in [0.3, 0.4) is 0 Å². The van der Waals surface area contributed by atoms with E-state index in [1.165, 1.54) is 0 Å². The predicted molar refractivity (Wildman–Crippen MR) is 79.5 cm³/mol. The molecule has 0 N–H and O–H groups in total. The molecule has 0 aliphatic heterocycles. The van der Waals surface area contributed by atoms with Crippen LogP contribution >= 0.6 is 0 Å². The number of hydrogen-bond donors (Lipinski definition) is 0. The Balaban J connectivity index is 0. The second-order valence-electron chi connectivity index (χ2n) is 5.18. The molecule has 0 spiro atoms. The van der Waals surface area contributed by atoms with Crippen LogP contribution in [0.25, 0.3) is 0 Å². The van der Waals surface area contributed by atoms with Gasteiger partial charge in [-0.25, -0.2) is 0 Å². The SMILES string of the molecule is [CH3][Sn]([CH3])[CH2][Sn]([CH3])[CH3].[CH3][Sn]([CH3])[CH2][Sn]([CH3])[CH3]. The Morgan fingerprint density at radius 3 is 0.571 bits per heavy atom. The first-order chi connectivity index (χ1) is 6.25. The third-order valence-electron chi connectivity index (χ3n) is 1.41. The van der Waals surface area contributed by atoms with Crippen LogP contribution in [0, 0.1) is 0 Å². The first-order valence-corrected chi connectivity index (χ1v) is 36.3. The summed E-state index contributed by atoms with van der Waals surface area (Å²) in [7, 11) is 0. The van der Waals surface area contributed by atoms with E-state index in [-0.39, 0.29) is 0 Å². The van der Waals surface area contributed by atoms with Crippen LogP contribution in [0.4, 0.5) is 0 Å². The molecule has 0 aliphatic carbocycles. The van der Waals surface area contributed by atoms with Crippen LogP contribution in [0.1, 0.15) is 0 Å². The molecule has 0 fully saturated rings. The fraction of sp³-hybridized carbons (Fsp3) is 1.00. The molecule has 0 nitrogen and oxygen atoms in total. The molecule has 0 unspecified atom stereocenters. The van der Waals surface area contributed by atoms with Gasteiger partial charge in [-0.05, 0) is 0 Å². The van der Waals surface area contributed by atoms with Gasteiger partial charge in [-0.1, -0.05) is 0 Å². The van der Waals surface area contributed by atoms with Crippen molar-refractivity contribution in [2.24, 2.45) is 0 Å². The van der Waals surface area contributed by atoms with Gasteiger partial charge in [-0.15, -0.1) is 0 Å². The minimum atomic E-state index is -0.600. The van der Waals surface area contributed by atoms with Crippen molar-refractivity contribution in [1.29, 1.82) is 0 Å². The van der Waals surface area contributed by atoms with E-state index in [0.29, 0.717) is 0 Å². The Kier molecular flexibility index (Phi) is 17.6. The summed E-state index contributed by atoms with van der Waals surface area (Å²) in [5.41, 5.74) is 0. The third-order valence-corrected chi connectivity index (χ3v) is 63.6. The van der Waals surface area contributed by atoms with Crippen LogP contribution in [0.2, 0.25) is 44.4 Å². The van der Waals surface area contributed by atoms with Gasteiger partial charge < -0.3 is 0 Å². The molecule has 14 heavy (non-hydrogen) atoms. The second-order valence-corrected chi connectivity index (χ2v) is 48.3. The van der Waals surface area contributed by atoms with Crippen molar-refractivity contribution < 1.29 is 0 Å². The van der Waals surface area contributed by atoms with Gasteiger partial charge in [0, 0.05) is 0 Å². The van der Waals surface area contributed by atoms with Crippen molar-refractivity contribution in [2.45, 2.75) is 44.4 Å². The van der Waals surface area contributed by atoms with Gasteiger partial charge in [0.2, 0.25) is 0 Å². The summed E-state index contributed by atoms with van der Waals surface area (Å²) in [5, 5.41) is 0. The zero-order valence-electron chi connectivity index (χ0n) is 11.4. The van der Waals surface area contributed by atoms with Crippen LogP contribution in [-0.2, 0) is 0 Å². The molecule has 4 radical (unpaired) electrons. The molecule has 0 aromatic carbocycles. The van der Waals surface area contributed by atoms with Gasteiger partial charge in [-0.2, -0.15) is 0 Å². The normalized spacial score (nSPS) is 11.1. The predicted octanol–water partition coefficient (Wildman–Crippen LogP) is 4.07. The van der Waals surface area contributed by atoms with Crippen molar-refractivity contribution in [3.05, 3.63) is 0 Å². The van der Waals surface area contributed by atoms with Crippen molar-refractivity contribution in [3.63, 3.8) is 0 Å². The molecule has 0 saturated carbocycles. The Morgan fingerprint density at radius 2 is 0.571 bits per heavy atom. The summed E-state index contributed by atoms with van der Waals surface area (Å²) in [6.07, 6.45) is 0. The van der Waals surface area contributed by atoms with Gasteiger partial charge in [0.25, 0.3) is 0 Å². The van der Waals surface area contributed by atoms with Crippen LogP contribution in [0.15, 0.2) is 0 Å². The van der Waals surface area contributed by atoms with E-state index in [9.17, 15) is 0 Å². The Bertz CT molecular complexity index is 84.7. The second kappa shape index (κ2) is 12.6. The first kappa shape index (κ1) is 19.5. The Hall–Kier alpha value is 3.19. The molecule has 0 heterocycles. The van der Waals surface area contributed by atoms with E-state index in [0.717, 1.165) is 0 Å². The molecule has 4 heteroatoms. The zero-order valence-corrected chi connectivity index (χ0v) is 22.8. The average Bonchev–Trinajstić information content (AvgIpc) is 1.79. The topological polar surface area (TPSA) is 0 Å². The van der Waals surface area contributed by atoms with E-state index in [1.54, 1.807) is 4.91 Å². The molecular weight excluding hydrogens is 595 g/mol. The third kappa shape index (κ3) is 24.4. The van der Waals surface area contributed by atoms with Crippen molar-refractivity contribution in [3.8, 4) is 0 Å². The summed E-state index contributed by atoms with van der Waals surface area (Å²) in [4.78, 5) is 20.1. The maximum atomic E-state index is 2.51. The summed E-state index contributed by atoms with van der Waals surface area (Å²) in [6.45, 7) is 0. The molecule has 0 aromatic heterocycles. The van der Waals surface area contributed by atoms with E-state index in [4.69, 9.17) is 0 Å². The van der Waals surface area contributed by atoms with Gasteiger partial charge in [0.1, 0.15) is 0 Å². The Morgan fingerprint density at radius 1 is 0.429 bits per heavy atom. The van der Waals surface area contributed by atoms with Gasteiger partial charge in [0.05, 0.1) is 0 Å². The van der Waals surface area contributed by atoms with E-state index in [2.05, 4.69) is 39.5 Å². The zero-order chi connectivity index (χ0) is 11.7. The van der Waals surface area contributed by atoms with Gasteiger partial charge in [0.15, 0.2) is 0 Å². The first-order valence-electron chi connectivity index (χ1n) is 5.41. The van der Waals surface area contributed by atoms with Crippen molar-refractivity contribution >= 4 is 79.0 Å². The summed E-state index contributed by atoms with van der Waals surface area (Å²) >= 11 is -2.40. The standard InChI is InChI=1S/8CH3.2CH2.4Sn/h8*1H3;2*1H2;;;;. The summed E-state index contributed by atoms with van der Waals surface area (Å²) in [5.74, 6) is 0. The molecule has 0 rings (SSSR count). The molecule has 0 saturated heterocycles. The monoisotopic (exact) mass is 628 g/mol. The average molecular weight is 623 g/mol. The molecular formula is C10H28Sn4. The molecule has 0 aromatic rings. The molecule has 0 bridgehead atoms. The van der Waals surface area contributed by atoms with Gasteiger partial charge in [-0.3, -0.25) is 0 Å². The molecule has 84 valence electrons. The molecule has 0 atom stereocenters. The number of rotatable bonds is 4. The fourth-order valence-corrected chi connectivity index (χ4v) is 63.6. The van der Waals surface area contributed by atoms with E-state index < -0.39 is 79.0 Å². The van der Waals surface area contributed by atoms with Crippen LogP contribution in [-0.4, -0.2) is 79.0 Å². The maximum absolute atomic E-state index is 2.51. The minimum absolute atomic E-state index is 0.600. The fourth-order valence-electron chi connectivity index (χ4n) is 1.41. The van der Waals surface area contributed by atoms with E-state index >= 15 is 0 Å². The van der Waals surface area contributed by atoms with E-state index in [1.807, 2.05) is 0 Å². The quantitative estimate of drug-likeness (QED) is 0.415. The van der Waals surface area contributed by atoms with Crippen LogP contribution < -0.4 is 0 Å².